The normalized spacial score (nSPS) is 12.6. The number of carboxylic acid groups (broad SMARTS) is 1. The van der Waals surface area contributed by atoms with Crippen LogP contribution in [0.3, 0.4) is 0 Å². The second-order valence-electron chi connectivity index (χ2n) is 5.19. The summed E-state index contributed by atoms with van der Waals surface area (Å²) in [5.41, 5.74) is -0.0129. The number of ether oxygens (including phenoxy) is 1. The Balaban J connectivity index is 2.88. The molecule has 1 heterocycles. The van der Waals surface area contributed by atoms with Crippen molar-refractivity contribution in [1.29, 1.82) is 0 Å². The van der Waals surface area contributed by atoms with E-state index in [2.05, 4.69) is 26.2 Å². The van der Waals surface area contributed by atoms with Gasteiger partial charge in [-0.3, -0.25) is 9.78 Å². The first-order valence-corrected chi connectivity index (χ1v) is 6.79. The molecule has 0 spiro atoms. The minimum absolute atomic E-state index is 0.248. The van der Waals surface area contributed by atoms with Crippen LogP contribution in [0.15, 0.2) is 22.9 Å². The van der Waals surface area contributed by atoms with Gasteiger partial charge >= 0.3 is 12.1 Å². The number of carboxylic acids is 1. The maximum absolute atomic E-state index is 11.8. The summed E-state index contributed by atoms with van der Waals surface area (Å²) in [6.45, 7) is 5.21. The lowest BCUT2D eigenvalue weighted by Crippen LogP contribution is -2.36. The van der Waals surface area contributed by atoms with Gasteiger partial charge in [0, 0.05) is 16.9 Å². The zero-order valence-corrected chi connectivity index (χ0v) is 13.1. The maximum atomic E-state index is 11.8. The highest BCUT2D eigenvalue weighted by atomic mass is 79.9. The van der Waals surface area contributed by atoms with Gasteiger partial charge in [-0.15, -0.1) is 0 Å². The summed E-state index contributed by atoms with van der Waals surface area (Å²) in [5.74, 6) is -1.02. The third-order valence-electron chi connectivity index (χ3n) is 2.25. The molecule has 1 aromatic heterocycles. The van der Waals surface area contributed by atoms with Crippen molar-refractivity contribution in [2.45, 2.75) is 38.8 Å². The van der Waals surface area contributed by atoms with Crippen molar-refractivity contribution in [3.63, 3.8) is 0 Å². The molecule has 0 aromatic carbocycles. The number of hydrogen-bond acceptors (Lipinski definition) is 4. The fraction of sp³-hybridized carbons (Fsp3) is 0.462. The molecule has 1 atom stereocenters. The van der Waals surface area contributed by atoms with Crippen LogP contribution in [0.2, 0.25) is 0 Å². The van der Waals surface area contributed by atoms with E-state index >= 15 is 0 Å². The van der Waals surface area contributed by atoms with E-state index in [9.17, 15) is 9.59 Å². The molecule has 2 N–H and O–H groups in total. The lowest BCUT2D eigenvalue weighted by Gasteiger charge is -2.23. The highest BCUT2D eigenvalue weighted by Gasteiger charge is 2.23. The summed E-state index contributed by atoms with van der Waals surface area (Å²) in [4.78, 5) is 26.6. The van der Waals surface area contributed by atoms with Gasteiger partial charge in [0.2, 0.25) is 0 Å². The van der Waals surface area contributed by atoms with E-state index in [-0.39, 0.29) is 6.42 Å². The first-order valence-electron chi connectivity index (χ1n) is 6.00. The molecule has 0 saturated heterocycles. The van der Waals surface area contributed by atoms with Gasteiger partial charge in [-0.1, -0.05) is 0 Å². The van der Waals surface area contributed by atoms with Gasteiger partial charge < -0.3 is 15.2 Å². The summed E-state index contributed by atoms with van der Waals surface area (Å²) in [6.07, 6.45) is 2.17. The Morgan fingerprint density at radius 2 is 2.15 bits per heavy atom. The van der Waals surface area contributed by atoms with Gasteiger partial charge in [0.15, 0.2) is 0 Å². The minimum Gasteiger partial charge on any atom is -0.481 e. The maximum Gasteiger partial charge on any atom is 0.408 e. The van der Waals surface area contributed by atoms with E-state index in [4.69, 9.17) is 9.84 Å². The number of hydrogen-bond donors (Lipinski definition) is 2. The quantitative estimate of drug-likeness (QED) is 0.876. The molecule has 0 saturated carbocycles. The predicted molar refractivity (Wildman–Crippen MR) is 76.3 cm³/mol. The molecule has 1 amide bonds. The van der Waals surface area contributed by atoms with Crippen LogP contribution in [-0.2, 0) is 9.53 Å². The van der Waals surface area contributed by atoms with Crippen LogP contribution >= 0.6 is 15.9 Å². The Morgan fingerprint density at radius 1 is 1.50 bits per heavy atom. The van der Waals surface area contributed by atoms with Crippen molar-refractivity contribution >= 4 is 28.0 Å². The summed E-state index contributed by atoms with van der Waals surface area (Å²) >= 11 is 3.29. The van der Waals surface area contributed by atoms with Crippen LogP contribution in [0.4, 0.5) is 4.79 Å². The number of carbonyl (C=O) groups is 2. The molecule has 1 rings (SSSR count). The predicted octanol–water partition coefficient (Wildman–Crippen LogP) is 2.88. The van der Waals surface area contributed by atoms with E-state index in [1.165, 1.54) is 6.20 Å². The third-order valence-corrected chi connectivity index (χ3v) is 2.91. The lowest BCUT2D eigenvalue weighted by atomic mass is 10.1. The molecule has 0 aliphatic heterocycles. The summed E-state index contributed by atoms with van der Waals surface area (Å²) in [5, 5.41) is 11.5. The number of pyridine rings is 1. The number of halogens is 1. The van der Waals surface area contributed by atoms with Crippen molar-refractivity contribution in [3.8, 4) is 0 Å². The van der Waals surface area contributed by atoms with Gasteiger partial charge in [0.25, 0.3) is 0 Å². The summed E-state index contributed by atoms with van der Waals surface area (Å²) in [6, 6.07) is 0.953. The fourth-order valence-corrected chi connectivity index (χ4v) is 2.06. The fourth-order valence-electron chi connectivity index (χ4n) is 1.53. The van der Waals surface area contributed by atoms with Crippen LogP contribution in [0, 0.1) is 0 Å². The summed E-state index contributed by atoms with van der Waals surface area (Å²) in [7, 11) is 0. The Morgan fingerprint density at radius 3 is 2.65 bits per heavy atom. The number of aromatic nitrogens is 1. The highest BCUT2D eigenvalue weighted by molar-refractivity contribution is 9.10. The molecule has 110 valence electrons. The molecule has 0 radical (unpaired) electrons. The van der Waals surface area contributed by atoms with Crippen molar-refractivity contribution in [2.75, 3.05) is 0 Å². The molecule has 0 unspecified atom stereocenters. The Kier molecular flexibility index (Phi) is 5.50. The Hall–Kier alpha value is -1.63. The number of nitrogens with one attached hydrogen (secondary N) is 1. The minimum atomic E-state index is -1.02. The average Bonchev–Trinajstić information content (AvgIpc) is 2.25. The van der Waals surface area contributed by atoms with Gasteiger partial charge in [0.1, 0.15) is 5.60 Å². The zero-order chi connectivity index (χ0) is 15.3. The first-order chi connectivity index (χ1) is 9.19. The molecule has 0 bridgehead atoms. The molecular weight excluding hydrogens is 328 g/mol. The molecule has 1 aromatic rings. The van der Waals surface area contributed by atoms with E-state index < -0.39 is 23.7 Å². The standard InChI is InChI=1S/C13H17BrN2O4/c1-13(2,3)20-12(19)16-10(6-11(17)18)8-4-5-15-7-9(8)14/h4-5,7,10H,6H2,1-3H3,(H,16,19)(H,17,18)/t10-/m0/s1. The number of aliphatic carboxylic acids is 1. The molecular formula is C13H17BrN2O4. The van der Waals surface area contributed by atoms with Crippen molar-refractivity contribution < 1.29 is 19.4 Å². The lowest BCUT2D eigenvalue weighted by molar-refractivity contribution is -0.137. The van der Waals surface area contributed by atoms with Gasteiger partial charge in [-0.2, -0.15) is 0 Å². The van der Waals surface area contributed by atoms with Crippen LogP contribution < -0.4 is 5.32 Å². The second-order valence-corrected chi connectivity index (χ2v) is 6.05. The van der Waals surface area contributed by atoms with E-state index in [0.717, 1.165) is 0 Å². The second kappa shape index (κ2) is 6.69. The highest BCUT2D eigenvalue weighted by Crippen LogP contribution is 2.25. The average molecular weight is 345 g/mol. The molecule has 20 heavy (non-hydrogen) atoms. The first kappa shape index (κ1) is 16.4. The van der Waals surface area contributed by atoms with Gasteiger partial charge in [0.05, 0.1) is 12.5 Å². The number of rotatable bonds is 4. The van der Waals surface area contributed by atoms with Gasteiger partial charge in [-0.05, 0) is 48.3 Å². The van der Waals surface area contributed by atoms with Crippen molar-refractivity contribution in [1.82, 2.24) is 10.3 Å². The SMILES string of the molecule is CC(C)(C)OC(=O)N[C@@H](CC(=O)O)c1ccncc1Br. The van der Waals surface area contributed by atoms with E-state index in [1.54, 1.807) is 33.0 Å². The molecule has 7 heteroatoms. The number of carbonyl (C=O) groups excluding carboxylic acids is 1. The van der Waals surface area contributed by atoms with Crippen LogP contribution in [0.25, 0.3) is 0 Å². The smallest absolute Gasteiger partial charge is 0.408 e. The van der Waals surface area contributed by atoms with Crippen molar-refractivity contribution in [2.24, 2.45) is 0 Å². The van der Waals surface area contributed by atoms with Crippen LogP contribution in [0.1, 0.15) is 38.8 Å². The summed E-state index contributed by atoms with van der Waals surface area (Å²) < 4.78 is 5.76. The Labute approximate surface area is 125 Å². The molecule has 0 fully saturated rings. The Bertz CT molecular complexity index is 499. The van der Waals surface area contributed by atoms with Crippen molar-refractivity contribution in [3.05, 3.63) is 28.5 Å². The molecule has 6 nitrogen and oxygen atoms in total. The van der Waals surface area contributed by atoms with Gasteiger partial charge in [-0.25, -0.2) is 4.79 Å². The van der Waals surface area contributed by atoms with Crippen LogP contribution in [0.5, 0.6) is 0 Å². The largest absolute Gasteiger partial charge is 0.481 e. The number of alkyl carbamates (subject to hydrolysis) is 1. The van der Waals surface area contributed by atoms with E-state index in [0.29, 0.717) is 10.0 Å². The monoisotopic (exact) mass is 344 g/mol. The zero-order valence-electron chi connectivity index (χ0n) is 11.5. The topological polar surface area (TPSA) is 88.5 Å². The molecule has 0 aliphatic carbocycles. The number of nitrogens with zero attached hydrogens (tertiary/aromatic N) is 1. The number of amides is 1. The van der Waals surface area contributed by atoms with E-state index in [1.807, 2.05) is 0 Å². The molecule has 0 aliphatic rings. The van der Waals surface area contributed by atoms with Crippen LogP contribution in [-0.4, -0.2) is 27.8 Å². The third kappa shape index (κ3) is 5.56.